The zero-order chi connectivity index (χ0) is 20.2. The normalized spacial score (nSPS) is 22.0. The highest BCUT2D eigenvalue weighted by Gasteiger charge is 2.29. The van der Waals surface area contributed by atoms with E-state index in [0.29, 0.717) is 24.0 Å². The molecule has 152 valence electrons. The van der Waals surface area contributed by atoms with Gasteiger partial charge in [-0.05, 0) is 54.5 Å². The third-order valence-electron chi connectivity index (χ3n) is 6.07. The Balaban J connectivity index is 1.28. The average molecular weight is 392 g/mol. The van der Waals surface area contributed by atoms with E-state index in [9.17, 15) is 9.59 Å². The fourth-order valence-corrected chi connectivity index (χ4v) is 4.45. The van der Waals surface area contributed by atoms with Crippen molar-refractivity contribution in [1.82, 2.24) is 4.90 Å². The molecule has 0 aromatic heterocycles. The molecule has 29 heavy (non-hydrogen) atoms. The fourth-order valence-electron chi connectivity index (χ4n) is 4.45. The van der Waals surface area contributed by atoms with Crippen LogP contribution in [0.5, 0.6) is 5.75 Å². The number of carbonyl (C=O) groups is 2. The molecule has 0 radical (unpaired) electrons. The molecule has 2 atom stereocenters. The van der Waals surface area contributed by atoms with Crippen LogP contribution in [0.25, 0.3) is 0 Å². The number of piperidine rings is 1. The molecule has 0 N–H and O–H groups in total. The maximum absolute atomic E-state index is 12.6. The van der Waals surface area contributed by atoms with Gasteiger partial charge in [0, 0.05) is 31.7 Å². The summed E-state index contributed by atoms with van der Waals surface area (Å²) >= 11 is 0. The topological polar surface area (TPSA) is 49.9 Å². The molecule has 0 bridgehead atoms. The predicted molar refractivity (Wildman–Crippen MR) is 113 cm³/mol. The highest BCUT2D eigenvalue weighted by atomic mass is 16.5. The van der Waals surface area contributed by atoms with E-state index in [1.807, 2.05) is 35.2 Å². The van der Waals surface area contributed by atoms with Crippen LogP contribution in [0.3, 0.4) is 0 Å². The minimum Gasteiger partial charge on any atom is -0.484 e. The fraction of sp³-hybridized carbons (Fsp3) is 0.417. The molecule has 2 fully saturated rings. The van der Waals surface area contributed by atoms with Crippen LogP contribution >= 0.6 is 0 Å². The van der Waals surface area contributed by atoms with Crippen molar-refractivity contribution in [1.29, 1.82) is 0 Å². The maximum atomic E-state index is 12.6. The minimum absolute atomic E-state index is 0.0298. The van der Waals surface area contributed by atoms with Crippen molar-refractivity contribution in [3.8, 4) is 5.75 Å². The van der Waals surface area contributed by atoms with E-state index >= 15 is 0 Å². The summed E-state index contributed by atoms with van der Waals surface area (Å²) in [5.74, 6) is 1.78. The second kappa shape index (κ2) is 8.68. The summed E-state index contributed by atoms with van der Waals surface area (Å²) in [4.78, 5) is 28.2. The van der Waals surface area contributed by atoms with Gasteiger partial charge in [0.2, 0.25) is 5.91 Å². The smallest absolute Gasteiger partial charge is 0.260 e. The number of carbonyl (C=O) groups excluding carboxylic acids is 2. The average Bonchev–Trinajstić information content (AvgIpc) is 3.19. The lowest BCUT2D eigenvalue weighted by Crippen LogP contribution is -2.44. The Labute approximate surface area is 172 Å². The van der Waals surface area contributed by atoms with E-state index in [0.717, 1.165) is 38.2 Å². The van der Waals surface area contributed by atoms with Crippen LogP contribution < -0.4 is 9.64 Å². The standard InChI is InChI=1S/C24H28N2O3/c1-18-16-25(15-13-22(18)19-6-3-2-4-7-19)24(28)17-29-21-11-9-20(10-12-21)26-14-5-8-23(26)27/h2-4,6-7,9-12,18,22H,5,8,13-17H2,1H3/t18-,22+/m1/s1. The molecule has 2 aliphatic heterocycles. The highest BCUT2D eigenvalue weighted by Crippen LogP contribution is 2.32. The van der Waals surface area contributed by atoms with Crippen molar-refractivity contribution in [3.63, 3.8) is 0 Å². The summed E-state index contributed by atoms with van der Waals surface area (Å²) in [6.07, 6.45) is 2.51. The molecule has 0 unspecified atom stereocenters. The van der Waals surface area contributed by atoms with Crippen LogP contribution in [0.2, 0.25) is 0 Å². The first-order valence-electron chi connectivity index (χ1n) is 10.5. The molecule has 5 heteroatoms. The Morgan fingerprint density at radius 1 is 1.07 bits per heavy atom. The van der Waals surface area contributed by atoms with Gasteiger partial charge < -0.3 is 14.5 Å². The Kier molecular flexibility index (Phi) is 5.84. The van der Waals surface area contributed by atoms with Gasteiger partial charge in [-0.3, -0.25) is 9.59 Å². The second-order valence-corrected chi connectivity index (χ2v) is 8.05. The Morgan fingerprint density at radius 3 is 2.48 bits per heavy atom. The first-order valence-corrected chi connectivity index (χ1v) is 10.5. The molecule has 2 amide bonds. The summed E-state index contributed by atoms with van der Waals surface area (Å²) < 4.78 is 5.72. The molecule has 5 nitrogen and oxygen atoms in total. The van der Waals surface area contributed by atoms with E-state index in [1.165, 1.54) is 5.56 Å². The highest BCUT2D eigenvalue weighted by molar-refractivity contribution is 5.95. The monoisotopic (exact) mass is 392 g/mol. The molecule has 0 saturated carbocycles. The molecular formula is C24H28N2O3. The van der Waals surface area contributed by atoms with Gasteiger partial charge in [0.1, 0.15) is 5.75 Å². The summed E-state index contributed by atoms with van der Waals surface area (Å²) in [7, 11) is 0. The summed E-state index contributed by atoms with van der Waals surface area (Å²) in [6.45, 7) is 4.57. The van der Waals surface area contributed by atoms with E-state index < -0.39 is 0 Å². The second-order valence-electron chi connectivity index (χ2n) is 8.05. The zero-order valence-electron chi connectivity index (χ0n) is 16.9. The molecule has 0 aliphatic carbocycles. The molecule has 2 heterocycles. The van der Waals surface area contributed by atoms with Crippen LogP contribution in [0.15, 0.2) is 54.6 Å². The van der Waals surface area contributed by atoms with Crippen molar-refractivity contribution < 1.29 is 14.3 Å². The molecular weight excluding hydrogens is 364 g/mol. The van der Waals surface area contributed by atoms with Gasteiger partial charge in [-0.1, -0.05) is 37.3 Å². The Morgan fingerprint density at radius 2 is 1.83 bits per heavy atom. The molecule has 2 aromatic carbocycles. The SMILES string of the molecule is C[C@@H]1CN(C(=O)COc2ccc(N3CCCC3=O)cc2)CC[C@@H]1c1ccccc1. The van der Waals surface area contributed by atoms with Gasteiger partial charge >= 0.3 is 0 Å². The number of nitrogens with zero attached hydrogens (tertiary/aromatic N) is 2. The van der Waals surface area contributed by atoms with Crippen molar-refractivity contribution >= 4 is 17.5 Å². The van der Waals surface area contributed by atoms with Crippen LogP contribution in [0.4, 0.5) is 5.69 Å². The zero-order valence-corrected chi connectivity index (χ0v) is 16.9. The molecule has 2 aliphatic rings. The van der Waals surface area contributed by atoms with E-state index in [2.05, 4.69) is 31.2 Å². The molecule has 2 aromatic rings. The largest absolute Gasteiger partial charge is 0.484 e. The number of amides is 2. The molecule has 2 saturated heterocycles. The van der Waals surface area contributed by atoms with Crippen LogP contribution in [-0.4, -0.2) is 43.0 Å². The lowest BCUT2D eigenvalue weighted by molar-refractivity contribution is -0.135. The number of rotatable bonds is 5. The first-order chi connectivity index (χ1) is 14.1. The first kappa shape index (κ1) is 19.5. The predicted octanol–water partition coefficient (Wildman–Crippen LogP) is 3.84. The molecule has 4 rings (SSSR count). The quantitative estimate of drug-likeness (QED) is 0.777. The van der Waals surface area contributed by atoms with Crippen LogP contribution in [-0.2, 0) is 9.59 Å². The number of ether oxygens (including phenoxy) is 1. The Hall–Kier alpha value is -2.82. The van der Waals surface area contributed by atoms with E-state index in [1.54, 1.807) is 4.90 Å². The van der Waals surface area contributed by atoms with Crippen molar-refractivity contribution in [2.75, 3.05) is 31.1 Å². The van der Waals surface area contributed by atoms with Gasteiger partial charge in [0.15, 0.2) is 6.61 Å². The third kappa shape index (κ3) is 4.44. The van der Waals surface area contributed by atoms with Gasteiger partial charge in [0.25, 0.3) is 5.91 Å². The number of anilines is 1. The molecule has 0 spiro atoms. The number of likely N-dealkylation sites (tertiary alicyclic amines) is 1. The number of hydrogen-bond acceptors (Lipinski definition) is 3. The van der Waals surface area contributed by atoms with Gasteiger partial charge in [-0.2, -0.15) is 0 Å². The van der Waals surface area contributed by atoms with Crippen LogP contribution in [0.1, 0.15) is 37.7 Å². The van der Waals surface area contributed by atoms with Gasteiger partial charge in [-0.15, -0.1) is 0 Å². The summed E-state index contributed by atoms with van der Waals surface area (Å²) in [6, 6.07) is 18.0. The van der Waals surface area contributed by atoms with E-state index in [-0.39, 0.29) is 18.4 Å². The number of hydrogen-bond donors (Lipinski definition) is 0. The van der Waals surface area contributed by atoms with Crippen molar-refractivity contribution in [2.24, 2.45) is 5.92 Å². The van der Waals surface area contributed by atoms with Gasteiger partial charge in [0.05, 0.1) is 0 Å². The van der Waals surface area contributed by atoms with E-state index in [4.69, 9.17) is 4.74 Å². The lowest BCUT2D eigenvalue weighted by atomic mass is 9.81. The lowest BCUT2D eigenvalue weighted by Gasteiger charge is -2.37. The summed E-state index contributed by atoms with van der Waals surface area (Å²) in [5.41, 5.74) is 2.25. The van der Waals surface area contributed by atoms with Gasteiger partial charge in [-0.25, -0.2) is 0 Å². The van der Waals surface area contributed by atoms with Crippen LogP contribution in [0, 0.1) is 5.92 Å². The van der Waals surface area contributed by atoms with Crippen molar-refractivity contribution in [3.05, 3.63) is 60.2 Å². The maximum Gasteiger partial charge on any atom is 0.260 e. The third-order valence-corrected chi connectivity index (χ3v) is 6.07. The summed E-state index contributed by atoms with van der Waals surface area (Å²) in [5, 5.41) is 0. The Bertz CT molecular complexity index is 850. The minimum atomic E-state index is 0.0298. The number of benzene rings is 2. The van der Waals surface area contributed by atoms with Crippen molar-refractivity contribution in [2.45, 2.75) is 32.1 Å².